The molecule has 4 heterocycles. The summed E-state index contributed by atoms with van der Waals surface area (Å²) in [4.78, 5) is 5.29. The third-order valence-corrected chi connectivity index (χ3v) is 30.5. The lowest BCUT2D eigenvalue weighted by Gasteiger charge is -2.45. The number of rotatable bonds is 12. The number of hydrogen-bond donors (Lipinski definition) is 0. The van der Waals surface area contributed by atoms with Gasteiger partial charge in [-0.15, -0.1) is 0 Å². The standard InChI is InChI=1S/C90H63BN4Si2/c1-8-31-64(32-9-1)92-84-53-28-24-49-78(84)79-60-66(55-58-85(79)92)93-86-54-29-25-50-80(86)91-81-57-56-75(97(71-40-16-5-17-41-71,72-42-18-6-19-43-72)73-44-20-7-21-45-73)63-87(81)94(89-62-67(61-88(93)90(89)91)95-82-51-26-22-47-76(82)77-48-23-27-52-83(77)95)65-33-30-46-74(59-65)96(68-34-10-2-11-35-68,69-36-12-3-13-37-69)70-38-14-4-15-39-70/h1-63H. The highest BCUT2D eigenvalue weighted by Crippen LogP contribution is 2.47. The summed E-state index contributed by atoms with van der Waals surface area (Å²) in [5.74, 6) is 0. The third-order valence-electron chi connectivity index (χ3n) is 20.9. The minimum absolute atomic E-state index is 0.162. The van der Waals surface area contributed by atoms with Gasteiger partial charge in [0.05, 0.1) is 27.8 Å². The molecule has 17 aromatic rings. The van der Waals surface area contributed by atoms with Crippen LogP contribution in [0.5, 0.6) is 0 Å². The number of para-hydroxylation sites is 5. The zero-order valence-electron chi connectivity index (χ0n) is 53.2. The largest absolute Gasteiger partial charge is 0.311 e. The minimum Gasteiger partial charge on any atom is -0.311 e. The highest BCUT2D eigenvalue weighted by molar-refractivity contribution is 7.20. The van der Waals surface area contributed by atoms with Crippen molar-refractivity contribution in [3.63, 3.8) is 0 Å². The van der Waals surface area contributed by atoms with E-state index in [2.05, 4.69) is 401 Å². The lowest BCUT2D eigenvalue weighted by Crippen LogP contribution is -2.75. The lowest BCUT2D eigenvalue weighted by atomic mass is 9.33. The van der Waals surface area contributed by atoms with E-state index in [1.54, 1.807) is 0 Å². The van der Waals surface area contributed by atoms with Crippen molar-refractivity contribution in [1.29, 1.82) is 0 Å². The molecule has 19 rings (SSSR count). The molecule has 2 aromatic heterocycles. The predicted molar refractivity (Wildman–Crippen MR) is 416 cm³/mol. The van der Waals surface area contributed by atoms with Gasteiger partial charge in [-0.1, -0.05) is 297 Å². The summed E-state index contributed by atoms with van der Waals surface area (Å²) >= 11 is 0. The minimum atomic E-state index is -3.12. The van der Waals surface area contributed by atoms with Crippen LogP contribution in [0.3, 0.4) is 0 Å². The summed E-state index contributed by atoms with van der Waals surface area (Å²) in [6.45, 7) is -0.162. The molecule has 0 atom stereocenters. The first-order valence-electron chi connectivity index (χ1n) is 33.7. The molecule has 7 heteroatoms. The van der Waals surface area contributed by atoms with Gasteiger partial charge in [0.25, 0.3) is 6.71 Å². The number of benzene rings is 15. The topological polar surface area (TPSA) is 16.3 Å². The molecule has 2 aliphatic heterocycles. The van der Waals surface area contributed by atoms with Crippen molar-refractivity contribution in [2.45, 2.75) is 0 Å². The Labute approximate surface area is 567 Å². The van der Waals surface area contributed by atoms with Gasteiger partial charge >= 0.3 is 0 Å². The molecule has 0 saturated carbocycles. The SMILES string of the molecule is c1ccc(-n2c3ccccc3c3cc(N4c5ccccc5B5c6ccc([Si](c7ccccc7)(c7ccccc7)c7ccccc7)cc6N(c6cccc([Si](c7ccccc7)(c7ccccc7)c7ccccc7)c6)c6cc(-n7c8ccccc8c8ccccc87)cc4c65)ccc32)cc1. The molecule has 2 aliphatic rings. The second kappa shape index (κ2) is 22.9. The van der Waals surface area contributed by atoms with Crippen molar-refractivity contribution in [1.82, 2.24) is 9.13 Å². The van der Waals surface area contributed by atoms with Gasteiger partial charge in [0.15, 0.2) is 16.1 Å². The van der Waals surface area contributed by atoms with Crippen molar-refractivity contribution in [3.05, 3.63) is 382 Å². The Morgan fingerprint density at radius 1 is 0.196 bits per heavy atom. The number of hydrogen-bond acceptors (Lipinski definition) is 2. The summed E-state index contributed by atoms with van der Waals surface area (Å²) in [7, 11) is -6.21. The van der Waals surface area contributed by atoms with Gasteiger partial charge in [0.2, 0.25) is 0 Å². The van der Waals surface area contributed by atoms with Crippen molar-refractivity contribution in [2.75, 3.05) is 9.80 Å². The average molecular weight is 1270 g/mol. The van der Waals surface area contributed by atoms with Crippen LogP contribution < -0.4 is 67.7 Å². The van der Waals surface area contributed by atoms with Crippen LogP contribution >= 0.6 is 0 Å². The maximum atomic E-state index is 2.69. The van der Waals surface area contributed by atoms with Crippen molar-refractivity contribution in [3.8, 4) is 11.4 Å². The Bertz CT molecular complexity index is 5600. The summed E-state index contributed by atoms with van der Waals surface area (Å²) in [5, 5.41) is 15.5. The number of aromatic nitrogens is 2. The van der Waals surface area contributed by atoms with Crippen LogP contribution in [0, 0.1) is 0 Å². The number of nitrogens with zero attached hydrogens (tertiary/aromatic N) is 4. The van der Waals surface area contributed by atoms with Crippen LogP contribution in [0.4, 0.5) is 34.1 Å². The van der Waals surface area contributed by atoms with E-state index in [1.807, 2.05) is 0 Å². The molecule has 0 N–H and O–H groups in total. The van der Waals surface area contributed by atoms with Gasteiger partial charge < -0.3 is 18.9 Å². The maximum Gasteiger partial charge on any atom is 0.252 e. The van der Waals surface area contributed by atoms with E-state index in [-0.39, 0.29) is 6.71 Å². The summed E-state index contributed by atoms with van der Waals surface area (Å²) in [6, 6.07) is 145. The molecule has 0 spiro atoms. The van der Waals surface area contributed by atoms with Gasteiger partial charge in [-0.05, 0) is 143 Å². The van der Waals surface area contributed by atoms with E-state index in [9.17, 15) is 0 Å². The molecule has 0 saturated heterocycles. The van der Waals surface area contributed by atoms with Crippen molar-refractivity contribution < 1.29 is 0 Å². The molecule has 0 unspecified atom stereocenters. The summed E-state index contributed by atoms with van der Waals surface area (Å²) < 4.78 is 4.95. The van der Waals surface area contributed by atoms with Gasteiger partial charge in [-0.25, -0.2) is 0 Å². The molecule has 0 aliphatic carbocycles. The normalized spacial score (nSPS) is 12.7. The van der Waals surface area contributed by atoms with Crippen molar-refractivity contribution >= 4 is 158 Å². The second-order valence-corrected chi connectivity index (χ2v) is 33.5. The molecular formula is C90H63BN4Si2. The lowest BCUT2D eigenvalue weighted by molar-refractivity contribution is 1.16. The first kappa shape index (κ1) is 56.5. The van der Waals surface area contributed by atoms with Gasteiger partial charge in [-0.2, -0.15) is 0 Å². The van der Waals surface area contributed by atoms with E-state index in [0.29, 0.717) is 0 Å². The van der Waals surface area contributed by atoms with Gasteiger partial charge in [0.1, 0.15) is 0 Å². The molecule has 97 heavy (non-hydrogen) atoms. The van der Waals surface area contributed by atoms with Crippen LogP contribution in [-0.2, 0) is 0 Å². The Morgan fingerprint density at radius 2 is 0.546 bits per heavy atom. The zero-order valence-corrected chi connectivity index (χ0v) is 55.2. The van der Waals surface area contributed by atoms with Crippen LogP contribution in [-0.4, -0.2) is 32.0 Å². The zero-order chi connectivity index (χ0) is 64.0. The fourth-order valence-corrected chi connectivity index (χ4v) is 26.6. The predicted octanol–water partition coefficient (Wildman–Crippen LogP) is 14.7. The Kier molecular flexibility index (Phi) is 13.3. The van der Waals surface area contributed by atoms with Crippen LogP contribution in [0.15, 0.2) is 382 Å². The fraction of sp³-hybridized carbons (Fsp3) is 0. The highest BCUT2D eigenvalue weighted by Gasteiger charge is 2.48. The van der Waals surface area contributed by atoms with E-state index < -0.39 is 16.1 Å². The van der Waals surface area contributed by atoms with Crippen LogP contribution in [0.1, 0.15) is 0 Å². The monoisotopic (exact) mass is 1270 g/mol. The maximum absolute atomic E-state index is 3.12. The van der Waals surface area contributed by atoms with E-state index in [0.717, 1.165) is 50.8 Å². The smallest absolute Gasteiger partial charge is 0.252 e. The van der Waals surface area contributed by atoms with Gasteiger partial charge in [-0.3, -0.25) is 0 Å². The molecule has 0 fully saturated rings. The number of anilines is 6. The summed E-state index contributed by atoms with van der Waals surface area (Å²) in [6.07, 6.45) is 0. The van der Waals surface area contributed by atoms with Crippen LogP contribution in [0.2, 0.25) is 0 Å². The summed E-state index contributed by atoms with van der Waals surface area (Å²) in [5.41, 5.74) is 17.5. The van der Waals surface area contributed by atoms with Crippen LogP contribution in [0.25, 0.3) is 55.0 Å². The average Bonchev–Trinajstić information content (AvgIpc) is 1.60. The fourth-order valence-electron chi connectivity index (χ4n) is 17.0. The first-order valence-corrected chi connectivity index (χ1v) is 37.7. The number of fused-ring (bicyclic) bond motifs is 10. The molecule has 454 valence electrons. The first-order chi connectivity index (χ1) is 48.2. The quantitative estimate of drug-likeness (QED) is 0.0895. The molecule has 0 amide bonds. The molecule has 4 nitrogen and oxygen atoms in total. The highest BCUT2D eigenvalue weighted by atomic mass is 28.3. The molecule has 15 aromatic carbocycles. The van der Waals surface area contributed by atoms with Crippen molar-refractivity contribution in [2.24, 2.45) is 0 Å². The van der Waals surface area contributed by atoms with Gasteiger partial charge in [0, 0.05) is 61.4 Å². The molecule has 0 bridgehead atoms. The van der Waals surface area contributed by atoms with E-state index in [1.165, 1.54) is 96.1 Å². The Balaban J connectivity index is 0.956. The Hall–Kier alpha value is -12.0. The molecule has 0 radical (unpaired) electrons. The second-order valence-electron chi connectivity index (χ2n) is 25.8. The third kappa shape index (κ3) is 8.62. The van der Waals surface area contributed by atoms with E-state index in [4.69, 9.17) is 0 Å². The van der Waals surface area contributed by atoms with E-state index >= 15 is 0 Å². The molecular weight excluding hydrogens is 1200 g/mol. The Morgan fingerprint density at radius 3 is 1.04 bits per heavy atom.